The predicted octanol–water partition coefficient (Wildman–Crippen LogP) is 4.07. The highest BCUT2D eigenvalue weighted by Crippen LogP contribution is 2.05. The standard InChI is InChI=1S/C18H30N2/c1-6-9-10-14-20(15-13-19-8-3)16-18(7-2)12-11-17(4)5/h6-9,11-12,19H,3-4,10,13-16H2,1-2,5H3/b9-6+,12-11-,18-7+. The fraction of sp³-hybridized carbons (Fsp3) is 0.444. The van der Waals surface area contributed by atoms with Crippen LogP contribution in [0, 0.1) is 0 Å². The summed E-state index contributed by atoms with van der Waals surface area (Å²) in [6.07, 6.45) is 13.6. The van der Waals surface area contributed by atoms with Crippen molar-refractivity contribution in [3.8, 4) is 0 Å². The van der Waals surface area contributed by atoms with Crippen molar-refractivity contribution in [3.63, 3.8) is 0 Å². The van der Waals surface area contributed by atoms with Gasteiger partial charge < -0.3 is 5.32 Å². The summed E-state index contributed by atoms with van der Waals surface area (Å²) >= 11 is 0. The zero-order valence-corrected chi connectivity index (χ0v) is 13.4. The van der Waals surface area contributed by atoms with Crippen molar-refractivity contribution in [2.45, 2.75) is 27.2 Å². The topological polar surface area (TPSA) is 15.3 Å². The van der Waals surface area contributed by atoms with Gasteiger partial charge in [-0.2, -0.15) is 0 Å². The summed E-state index contributed by atoms with van der Waals surface area (Å²) in [6.45, 7) is 17.7. The van der Waals surface area contributed by atoms with Gasteiger partial charge in [-0.1, -0.05) is 49.1 Å². The zero-order valence-electron chi connectivity index (χ0n) is 13.4. The van der Waals surface area contributed by atoms with E-state index in [2.05, 4.69) is 67.6 Å². The van der Waals surface area contributed by atoms with Crippen LogP contribution in [0.4, 0.5) is 0 Å². The molecule has 0 unspecified atom stereocenters. The van der Waals surface area contributed by atoms with Crippen molar-refractivity contribution in [1.29, 1.82) is 0 Å². The number of hydrogen-bond donors (Lipinski definition) is 1. The first-order valence-electron chi connectivity index (χ1n) is 7.30. The molecule has 0 aromatic carbocycles. The van der Waals surface area contributed by atoms with Gasteiger partial charge >= 0.3 is 0 Å². The Morgan fingerprint density at radius 2 is 1.95 bits per heavy atom. The van der Waals surface area contributed by atoms with Gasteiger partial charge in [-0.25, -0.2) is 0 Å². The molecule has 0 atom stereocenters. The number of nitrogens with zero attached hydrogens (tertiary/aromatic N) is 1. The van der Waals surface area contributed by atoms with Gasteiger partial charge in [-0.15, -0.1) is 0 Å². The lowest BCUT2D eigenvalue weighted by atomic mass is 10.1. The fourth-order valence-corrected chi connectivity index (χ4v) is 1.77. The van der Waals surface area contributed by atoms with Crippen LogP contribution in [0.1, 0.15) is 27.2 Å². The van der Waals surface area contributed by atoms with E-state index in [9.17, 15) is 0 Å². The highest BCUT2D eigenvalue weighted by atomic mass is 15.1. The maximum Gasteiger partial charge on any atom is 0.0269 e. The van der Waals surface area contributed by atoms with Crippen molar-refractivity contribution >= 4 is 0 Å². The minimum absolute atomic E-state index is 0.931. The smallest absolute Gasteiger partial charge is 0.0269 e. The highest BCUT2D eigenvalue weighted by molar-refractivity contribution is 5.26. The Bertz CT molecular complexity index is 362. The predicted molar refractivity (Wildman–Crippen MR) is 91.8 cm³/mol. The quantitative estimate of drug-likeness (QED) is 0.347. The van der Waals surface area contributed by atoms with E-state index in [0.717, 1.165) is 38.2 Å². The Morgan fingerprint density at radius 1 is 1.20 bits per heavy atom. The molecule has 0 aliphatic carbocycles. The molecule has 0 aliphatic rings. The van der Waals surface area contributed by atoms with Gasteiger partial charge in [-0.3, -0.25) is 4.90 Å². The molecule has 112 valence electrons. The van der Waals surface area contributed by atoms with E-state index in [0.29, 0.717) is 0 Å². The number of hydrogen-bond acceptors (Lipinski definition) is 2. The van der Waals surface area contributed by atoms with Gasteiger partial charge in [0.25, 0.3) is 0 Å². The van der Waals surface area contributed by atoms with E-state index in [1.165, 1.54) is 5.57 Å². The Morgan fingerprint density at radius 3 is 2.50 bits per heavy atom. The average Bonchev–Trinajstić information content (AvgIpc) is 2.43. The molecule has 20 heavy (non-hydrogen) atoms. The first-order chi connectivity index (χ1) is 9.63. The molecule has 0 fully saturated rings. The number of allylic oxidation sites excluding steroid dienone is 4. The second kappa shape index (κ2) is 12.5. The minimum Gasteiger partial charge on any atom is -0.390 e. The average molecular weight is 274 g/mol. The third-order valence-corrected chi connectivity index (χ3v) is 2.92. The van der Waals surface area contributed by atoms with E-state index in [4.69, 9.17) is 0 Å². The molecule has 2 nitrogen and oxygen atoms in total. The van der Waals surface area contributed by atoms with Crippen LogP contribution in [-0.4, -0.2) is 31.1 Å². The van der Waals surface area contributed by atoms with Gasteiger partial charge in [-0.05, 0) is 39.0 Å². The lowest BCUT2D eigenvalue weighted by Crippen LogP contribution is -2.32. The van der Waals surface area contributed by atoms with Crippen LogP contribution in [-0.2, 0) is 0 Å². The molecule has 0 spiro atoms. The highest BCUT2D eigenvalue weighted by Gasteiger charge is 2.04. The van der Waals surface area contributed by atoms with E-state index in [1.807, 2.05) is 6.92 Å². The van der Waals surface area contributed by atoms with E-state index >= 15 is 0 Å². The number of nitrogens with one attached hydrogen (secondary N) is 1. The molecule has 0 saturated carbocycles. The van der Waals surface area contributed by atoms with Crippen LogP contribution in [0.5, 0.6) is 0 Å². The molecular weight excluding hydrogens is 244 g/mol. The Labute approximate surface area is 125 Å². The molecule has 0 aromatic rings. The second-order valence-electron chi connectivity index (χ2n) is 4.84. The molecule has 0 heterocycles. The van der Waals surface area contributed by atoms with Crippen LogP contribution >= 0.6 is 0 Å². The lowest BCUT2D eigenvalue weighted by Gasteiger charge is -2.22. The van der Waals surface area contributed by atoms with Gasteiger partial charge in [0.2, 0.25) is 0 Å². The molecule has 0 rings (SSSR count). The minimum atomic E-state index is 0.931. The summed E-state index contributed by atoms with van der Waals surface area (Å²) in [4.78, 5) is 2.45. The SMILES string of the molecule is C=CNCCN(CC/C=C/C)CC(/C=C\C(=C)C)=C/C. The van der Waals surface area contributed by atoms with Crippen LogP contribution in [0.25, 0.3) is 0 Å². The third-order valence-electron chi connectivity index (χ3n) is 2.92. The maximum atomic E-state index is 3.90. The largest absolute Gasteiger partial charge is 0.390 e. The second-order valence-corrected chi connectivity index (χ2v) is 4.84. The van der Waals surface area contributed by atoms with Crippen molar-refractivity contribution < 1.29 is 0 Å². The molecule has 1 N–H and O–H groups in total. The Balaban J connectivity index is 4.48. The van der Waals surface area contributed by atoms with Crippen molar-refractivity contribution in [2.24, 2.45) is 0 Å². The van der Waals surface area contributed by atoms with Gasteiger partial charge in [0, 0.05) is 26.2 Å². The van der Waals surface area contributed by atoms with Crippen LogP contribution in [0.15, 0.2) is 60.9 Å². The Hall–Kier alpha value is -1.54. The van der Waals surface area contributed by atoms with Crippen molar-refractivity contribution in [1.82, 2.24) is 10.2 Å². The first kappa shape index (κ1) is 18.5. The van der Waals surface area contributed by atoms with E-state index < -0.39 is 0 Å². The maximum absolute atomic E-state index is 3.90. The normalized spacial score (nSPS) is 12.5. The van der Waals surface area contributed by atoms with Crippen molar-refractivity contribution in [2.75, 3.05) is 26.2 Å². The van der Waals surface area contributed by atoms with Crippen LogP contribution in [0.3, 0.4) is 0 Å². The van der Waals surface area contributed by atoms with Gasteiger partial charge in [0.1, 0.15) is 0 Å². The van der Waals surface area contributed by atoms with Gasteiger partial charge in [0.15, 0.2) is 0 Å². The zero-order chi connectivity index (χ0) is 15.2. The molecule has 0 amide bonds. The summed E-state index contributed by atoms with van der Waals surface area (Å²) in [5.74, 6) is 0. The molecule has 0 saturated heterocycles. The summed E-state index contributed by atoms with van der Waals surface area (Å²) in [5.41, 5.74) is 2.41. The molecule has 0 aromatic heterocycles. The molecule has 0 radical (unpaired) electrons. The third kappa shape index (κ3) is 10.4. The molecule has 0 bridgehead atoms. The summed E-state index contributed by atoms with van der Waals surface area (Å²) in [6, 6.07) is 0. The summed E-state index contributed by atoms with van der Waals surface area (Å²) in [5, 5.41) is 3.16. The number of rotatable bonds is 11. The first-order valence-corrected chi connectivity index (χ1v) is 7.30. The monoisotopic (exact) mass is 274 g/mol. The Kier molecular flexibility index (Phi) is 11.5. The fourth-order valence-electron chi connectivity index (χ4n) is 1.77. The van der Waals surface area contributed by atoms with Gasteiger partial charge in [0.05, 0.1) is 0 Å². The lowest BCUT2D eigenvalue weighted by molar-refractivity contribution is 0.307. The molecular formula is C18H30N2. The van der Waals surface area contributed by atoms with Crippen LogP contribution < -0.4 is 5.32 Å². The molecule has 2 heteroatoms. The van der Waals surface area contributed by atoms with E-state index in [-0.39, 0.29) is 0 Å². The summed E-state index contributed by atoms with van der Waals surface area (Å²) in [7, 11) is 0. The molecule has 0 aliphatic heterocycles. The summed E-state index contributed by atoms with van der Waals surface area (Å²) < 4.78 is 0. The van der Waals surface area contributed by atoms with E-state index in [1.54, 1.807) is 6.20 Å². The van der Waals surface area contributed by atoms with Crippen LogP contribution in [0.2, 0.25) is 0 Å². The van der Waals surface area contributed by atoms with Crippen molar-refractivity contribution in [3.05, 3.63) is 60.9 Å².